The summed E-state index contributed by atoms with van der Waals surface area (Å²) in [7, 11) is 0. The van der Waals surface area contributed by atoms with Gasteiger partial charge < -0.3 is 19.8 Å². The fourth-order valence-corrected chi connectivity index (χ4v) is 2.07. The topological polar surface area (TPSA) is 66.7 Å². The van der Waals surface area contributed by atoms with Gasteiger partial charge in [-0.25, -0.2) is 4.79 Å². The van der Waals surface area contributed by atoms with Crippen LogP contribution in [0, 0.1) is 0 Å². The minimum Gasteiger partial charge on any atom is -0.472 e. The van der Waals surface area contributed by atoms with Crippen molar-refractivity contribution in [3.8, 4) is 0 Å². The number of ether oxygens (including phenoxy) is 1. The van der Waals surface area contributed by atoms with Gasteiger partial charge in [0.25, 0.3) is 0 Å². The van der Waals surface area contributed by atoms with Crippen LogP contribution < -0.4 is 10.6 Å². The Morgan fingerprint density at radius 1 is 1.47 bits per heavy atom. The molecule has 1 aromatic heterocycles. The zero-order valence-corrected chi connectivity index (χ0v) is 11.2. The van der Waals surface area contributed by atoms with Crippen molar-refractivity contribution in [1.82, 2.24) is 15.5 Å². The minimum absolute atomic E-state index is 0.113. The van der Waals surface area contributed by atoms with Crippen LogP contribution in [0.5, 0.6) is 0 Å². The Morgan fingerprint density at radius 2 is 2.26 bits per heavy atom. The van der Waals surface area contributed by atoms with E-state index in [9.17, 15) is 4.79 Å². The largest absolute Gasteiger partial charge is 0.472 e. The van der Waals surface area contributed by atoms with Crippen molar-refractivity contribution in [2.24, 2.45) is 0 Å². The van der Waals surface area contributed by atoms with Crippen molar-refractivity contribution >= 4 is 6.03 Å². The normalized spacial score (nSPS) is 17.9. The third kappa shape index (κ3) is 4.92. The Balaban J connectivity index is 1.63. The van der Waals surface area contributed by atoms with Crippen LogP contribution in [0.3, 0.4) is 0 Å². The zero-order chi connectivity index (χ0) is 13.5. The maximum absolute atomic E-state index is 11.7. The molecule has 106 valence electrons. The summed E-state index contributed by atoms with van der Waals surface area (Å²) < 4.78 is 10.2. The summed E-state index contributed by atoms with van der Waals surface area (Å²) in [6, 6.07) is 1.79. The summed E-state index contributed by atoms with van der Waals surface area (Å²) >= 11 is 0. The highest BCUT2D eigenvalue weighted by Gasteiger charge is 2.14. The summed E-state index contributed by atoms with van der Waals surface area (Å²) in [5, 5.41) is 5.73. The van der Waals surface area contributed by atoms with Crippen LogP contribution in [-0.4, -0.2) is 49.8 Å². The Kier molecular flexibility index (Phi) is 5.23. The van der Waals surface area contributed by atoms with E-state index in [0.29, 0.717) is 6.54 Å². The third-order valence-corrected chi connectivity index (χ3v) is 3.05. The first kappa shape index (κ1) is 13.9. The number of nitrogens with one attached hydrogen (secondary N) is 2. The number of hydrogen-bond acceptors (Lipinski definition) is 4. The van der Waals surface area contributed by atoms with Crippen molar-refractivity contribution < 1.29 is 13.9 Å². The van der Waals surface area contributed by atoms with Crippen molar-refractivity contribution in [2.75, 3.05) is 32.8 Å². The van der Waals surface area contributed by atoms with Gasteiger partial charge >= 0.3 is 6.03 Å². The molecule has 19 heavy (non-hydrogen) atoms. The standard InChI is InChI=1S/C13H21N3O3/c1-11(9-16-3-6-18-7-4-16)15-13(17)14-8-12-2-5-19-10-12/h2,5,10-11H,3-4,6-9H2,1H3,(H2,14,15,17)/t11-/m0/s1. The predicted octanol–water partition coefficient (Wildman–Crippen LogP) is 0.800. The Morgan fingerprint density at radius 3 is 2.95 bits per heavy atom. The van der Waals surface area contributed by atoms with Crippen molar-refractivity contribution in [3.63, 3.8) is 0 Å². The molecule has 0 aliphatic carbocycles. The lowest BCUT2D eigenvalue weighted by molar-refractivity contribution is 0.0349. The number of nitrogens with zero attached hydrogens (tertiary/aromatic N) is 1. The number of furan rings is 1. The molecule has 2 amide bonds. The number of morpholine rings is 1. The molecule has 1 aliphatic rings. The van der Waals surface area contributed by atoms with Gasteiger partial charge in [-0.15, -0.1) is 0 Å². The molecule has 6 nitrogen and oxygen atoms in total. The molecule has 0 aromatic carbocycles. The molecule has 0 radical (unpaired) electrons. The van der Waals surface area contributed by atoms with Gasteiger partial charge in [-0.2, -0.15) is 0 Å². The van der Waals surface area contributed by atoms with E-state index < -0.39 is 0 Å². The highest BCUT2D eigenvalue weighted by molar-refractivity contribution is 5.74. The van der Waals surface area contributed by atoms with E-state index in [2.05, 4.69) is 15.5 Å². The maximum atomic E-state index is 11.7. The number of rotatable bonds is 5. The highest BCUT2D eigenvalue weighted by atomic mass is 16.5. The molecular formula is C13H21N3O3. The SMILES string of the molecule is C[C@@H](CN1CCOCC1)NC(=O)NCc1ccoc1. The number of carbonyl (C=O) groups excluding carboxylic acids is 1. The van der Waals surface area contributed by atoms with E-state index in [1.807, 2.05) is 13.0 Å². The van der Waals surface area contributed by atoms with Crippen LogP contribution in [-0.2, 0) is 11.3 Å². The summed E-state index contributed by atoms with van der Waals surface area (Å²) in [4.78, 5) is 14.0. The van der Waals surface area contributed by atoms with E-state index >= 15 is 0 Å². The van der Waals surface area contributed by atoms with Gasteiger partial charge in [0.15, 0.2) is 0 Å². The summed E-state index contributed by atoms with van der Waals surface area (Å²) in [5.41, 5.74) is 0.955. The van der Waals surface area contributed by atoms with Crippen LogP contribution in [0.15, 0.2) is 23.0 Å². The second-order valence-electron chi connectivity index (χ2n) is 4.77. The second kappa shape index (κ2) is 7.16. The van der Waals surface area contributed by atoms with Crippen LogP contribution in [0.25, 0.3) is 0 Å². The van der Waals surface area contributed by atoms with E-state index in [-0.39, 0.29) is 12.1 Å². The number of amides is 2. The molecule has 0 spiro atoms. The number of urea groups is 1. The Bertz CT molecular complexity index is 374. The lowest BCUT2D eigenvalue weighted by Crippen LogP contribution is -2.48. The van der Waals surface area contributed by atoms with Gasteiger partial charge in [0.05, 0.1) is 25.7 Å². The van der Waals surface area contributed by atoms with Gasteiger partial charge in [0.1, 0.15) is 0 Å². The fourth-order valence-electron chi connectivity index (χ4n) is 2.07. The van der Waals surface area contributed by atoms with Gasteiger partial charge in [-0.1, -0.05) is 0 Å². The fraction of sp³-hybridized carbons (Fsp3) is 0.615. The monoisotopic (exact) mass is 267 g/mol. The Labute approximate surface area is 113 Å². The van der Waals surface area contributed by atoms with Crippen LogP contribution in [0.1, 0.15) is 12.5 Å². The molecular weight excluding hydrogens is 246 g/mol. The smallest absolute Gasteiger partial charge is 0.315 e. The molecule has 2 rings (SSSR count). The number of carbonyl (C=O) groups is 1. The molecule has 1 aromatic rings. The van der Waals surface area contributed by atoms with Crippen LogP contribution in [0.4, 0.5) is 4.79 Å². The van der Waals surface area contributed by atoms with Crippen molar-refractivity contribution in [2.45, 2.75) is 19.5 Å². The predicted molar refractivity (Wildman–Crippen MR) is 70.8 cm³/mol. The molecule has 2 N–H and O–H groups in total. The van der Waals surface area contributed by atoms with Gasteiger partial charge in [-0.05, 0) is 13.0 Å². The van der Waals surface area contributed by atoms with E-state index in [1.165, 1.54) is 0 Å². The molecule has 0 bridgehead atoms. The maximum Gasteiger partial charge on any atom is 0.315 e. The van der Waals surface area contributed by atoms with Crippen LogP contribution in [0.2, 0.25) is 0 Å². The lowest BCUT2D eigenvalue weighted by atomic mass is 10.3. The van der Waals surface area contributed by atoms with Crippen LogP contribution >= 0.6 is 0 Å². The average molecular weight is 267 g/mol. The first-order valence-electron chi connectivity index (χ1n) is 6.59. The van der Waals surface area contributed by atoms with Gasteiger partial charge in [0.2, 0.25) is 0 Å². The average Bonchev–Trinajstić information content (AvgIpc) is 2.90. The molecule has 1 fully saturated rings. The molecule has 6 heteroatoms. The van der Waals surface area contributed by atoms with Crippen molar-refractivity contribution in [3.05, 3.63) is 24.2 Å². The molecule has 0 saturated carbocycles. The first-order valence-corrected chi connectivity index (χ1v) is 6.59. The van der Waals surface area contributed by atoms with E-state index in [1.54, 1.807) is 12.5 Å². The summed E-state index contributed by atoms with van der Waals surface area (Å²) in [6.45, 7) is 6.76. The molecule has 1 atom stereocenters. The summed E-state index contributed by atoms with van der Waals surface area (Å²) in [6.07, 6.45) is 3.22. The molecule has 0 unspecified atom stereocenters. The van der Waals surface area contributed by atoms with Gasteiger partial charge in [-0.3, -0.25) is 4.90 Å². The number of hydrogen-bond donors (Lipinski definition) is 2. The molecule has 2 heterocycles. The van der Waals surface area contributed by atoms with E-state index in [4.69, 9.17) is 9.15 Å². The molecule has 1 saturated heterocycles. The summed E-state index contributed by atoms with van der Waals surface area (Å²) in [5.74, 6) is 0. The Hall–Kier alpha value is -1.53. The zero-order valence-electron chi connectivity index (χ0n) is 11.2. The first-order chi connectivity index (χ1) is 9.24. The molecule has 1 aliphatic heterocycles. The van der Waals surface area contributed by atoms with Gasteiger partial charge in [0, 0.05) is 37.8 Å². The van der Waals surface area contributed by atoms with E-state index in [0.717, 1.165) is 38.4 Å². The third-order valence-electron chi connectivity index (χ3n) is 3.05. The minimum atomic E-state index is -0.151. The highest BCUT2D eigenvalue weighted by Crippen LogP contribution is 2.00. The second-order valence-corrected chi connectivity index (χ2v) is 4.77. The lowest BCUT2D eigenvalue weighted by Gasteiger charge is -2.29. The van der Waals surface area contributed by atoms with Crippen molar-refractivity contribution in [1.29, 1.82) is 0 Å². The quantitative estimate of drug-likeness (QED) is 0.828.